The van der Waals surface area contributed by atoms with Gasteiger partial charge in [0.05, 0.1) is 12.2 Å². The molecule has 0 aliphatic carbocycles. The van der Waals surface area contributed by atoms with E-state index in [1.807, 2.05) is 54.6 Å². The van der Waals surface area contributed by atoms with E-state index in [1.54, 1.807) is 0 Å². The minimum Gasteiger partial charge on any atom is -0.351 e. The monoisotopic (exact) mass is 354 g/mol. The number of benzene rings is 2. The van der Waals surface area contributed by atoms with Crippen LogP contribution in [0.1, 0.15) is 6.42 Å². The zero-order chi connectivity index (χ0) is 18.4. The number of carbonyl (C=O) groups excluding carboxylic acids is 2. The minimum absolute atomic E-state index is 0.0646. The third-order valence-corrected chi connectivity index (χ3v) is 4.21. The molecule has 3 rings (SSSR count). The molecule has 2 atom stereocenters. The molecule has 1 heterocycles. The standard InChI is InChI=1S/C19H22N4O3/c20-11-18(24)22-16-10-17(21-12-16)19(25)26-23-15-8-4-7-14(9-15)13-5-2-1-3-6-13/h1-9,16-17,21,23H,10-12,20H2,(H,22,24)/t16?,17-/m1/s1. The quantitative estimate of drug-likeness (QED) is 0.578. The van der Waals surface area contributed by atoms with Crippen LogP contribution in [0.15, 0.2) is 54.6 Å². The summed E-state index contributed by atoms with van der Waals surface area (Å²) in [6.45, 7) is 0.444. The Hall–Kier alpha value is -2.90. The van der Waals surface area contributed by atoms with E-state index < -0.39 is 12.0 Å². The zero-order valence-electron chi connectivity index (χ0n) is 14.3. The average Bonchev–Trinajstić information content (AvgIpc) is 3.15. The highest BCUT2D eigenvalue weighted by Gasteiger charge is 2.31. The minimum atomic E-state index is -0.470. The molecule has 5 N–H and O–H groups in total. The summed E-state index contributed by atoms with van der Waals surface area (Å²) in [7, 11) is 0. The van der Waals surface area contributed by atoms with Crippen molar-refractivity contribution in [2.75, 3.05) is 18.6 Å². The Labute approximate surface area is 151 Å². The number of rotatable bonds is 6. The van der Waals surface area contributed by atoms with Crippen LogP contribution < -0.4 is 21.8 Å². The summed E-state index contributed by atoms with van der Waals surface area (Å²) in [6, 6.07) is 17.0. The van der Waals surface area contributed by atoms with Gasteiger partial charge in [0.15, 0.2) is 0 Å². The molecule has 1 amide bonds. The van der Waals surface area contributed by atoms with Crippen LogP contribution >= 0.6 is 0 Å². The van der Waals surface area contributed by atoms with Crippen LogP contribution in [0.5, 0.6) is 0 Å². The highest BCUT2D eigenvalue weighted by molar-refractivity contribution is 5.80. The lowest BCUT2D eigenvalue weighted by atomic mass is 10.1. The smallest absolute Gasteiger partial charge is 0.348 e. The van der Waals surface area contributed by atoms with E-state index in [1.165, 1.54) is 0 Å². The number of nitrogens with one attached hydrogen (secondary N) is 3. The lowest BCUT2D eigenvalue weighted by Crippen LogP contribution is -2.39. The van der Waals surface area contributed by atoms with Crippen molar-refractivity contribution in [2.24, 2.45) is 5.73 Å². The molecule has 1 saturated heterocycles. The normalized spacial score (nSPS) is 19.0. The number of amides is 1. The maximum atomic E-state index is 12.2. The first kappa shape index (κ1) is 17.9. The topological polar surface area (TPSA) is 105 Å². The van der Waals surface area contributed by atoms with Gasteiger partial charge in [-0.15, -0.1) is 0 Å². The predicted molar refractivity (Wildman–Crippen MR) is 99.0 cm³/mol. The van der Waals surface area contributed by atoms with Gasteiger partial charge in [0, 0.05) is 12.6 Å². The molecular formula is C19H22N4O3. The first-order chi connectivity index (χ1) is 12.7. The van der Waals surface area contributed by atoms with Crippen LogP contribution in [0.25, 0.3) is 11.1 Å². The first-order valence-electron chi connectivity index (χ1n) is 8.50. The summed E-state index contributed by atoms with van der Waals surface area (Å²) in [5, 5.41) is 5.80. The van der Waals surface area contributed by atoms with Gasteiger partial charge in [-0.2, -0.15) is 0 Å². The summed E-state index contributed by atoms with van der Waals surface area (Å²) in [4.78, 5) is 28.7. The molecule has 136 valence electrons. The molecular weight excluding hydrogens is 332 g/mol. The molecule has 0 saturated carbocycles. The van der Waals surface area contributed by atoms with Gasteiger partial charge in [0.1, 0.15) is 6.04 Å². The van der Waals surface area contributed by atoms with E-state index in [9.17, 15) is 9.59 Å². The molecule has 2 aromatic rings. The molecule has 0 spiro atoms. The van der Waals surface area contributed by atoms with Crippen LogP contribution in [-0.2, 0) is 14.4 Å². The third kappa shape index (κ3) is 4.59. The summed E-state index contributed by atoms with van der Waals surface area (Å²) < 4.78 is 0. The molecule has 26 heavy (non-hydrogen) atoms. The number of hydrogen-bond acceptors (Lipinski definition) is 6. The molecule has 0 aromatic heterocycles. The lowest BCUT2D eigenvalue weighted by molar-refractivity contribution is -0.142. The highest BCUT2D eigenvalue weighted by atomic mass is 16.7. The third-order valence-electron chi connectivity index (χ3n) is 4.21. The van der Waals surface area contributed by atoms with E-state index in [4.69, 9.17) is 10.6 Å². The van der Waals surface area contributed by atoms with Gasteiger partial charge >= 0.3 is 5.97 Å². The van der Waals surface area contributed by atoms with Gasteiger partial charge in [-0.1, -0.05) is 42.5 Å². The van der Waals surface area contributed by atoms with Gasteiger partial charge in [0.25, 0.3) is 0 Å². The summed E-state index contributed by atoms with van der Waals surface area (Å²) in [6.07, 6.45) is 0.469. The van der Waals surface area contributed by atoms with E-state index in [0.29, 0.717) is 18.7 Å². The van der Waals surface area contributed by atoms with Crippen LogP contribution in [0.2, 0.25) is 0 Å². The number of hydrogen-bond donors (Lipinski definition) is 4. The molecule has 1 aliphatic rings. The Morgan fingerprint density at radius 3 is 2.65 bits per heavy atom. The Balaban J connectivity index is 1.53. The number of carbonyl (C=O) groups is 2. The van der Waals surface area contributed by atoms with Crippen LogP contribution in [-0.4, -0.2) is 37.0 Å². The number of anilines is 1. The molecule has 7 heteroatoms. The van der Waals surface area contributed by atoms with Crippen LogP contribution in [0.4, 0.5) is 5.69 Å². The molecule has 1 fully saturated rings. The second-order valence-corrected chi connectivity index (χ2v) is 6.14. The molecule has 0 bridgehead atoms. The predicted octanol–water partition coefficient (Wildman–Crippen LogP) is 1.03. The average molecular weight is 354 g/mol. The molecule has 0 radical (unpaired) electrons. The molecule has 2 aromatic carbocycles. The van der Waals surface area contributed by atoms with Crippen molar-refractivity contribution in [1.82, 2.24) is 10.6 Å². The van der Waals surface area contributed by atoms with Gasteiger partial charge in [-0.3, -0.25) is 4.79 Å². The van der Waals surface area contributed by atoms with Crippen molar-refractivity contribution in [3.63, 3.8) is 0 Å². The maximum absolute atomic E-state index is 12.2. The molecule has 1 aliphatic heterocycles. The summed E-state index contributed by atoms with van der Waals surface area (Å²) in [5.41, 5.74) is 10.8. The van der Waals surface area contributed by atoms with E-state index in [2.05, 4.69) is 16.1 Å². The van der Waals surface area contributed by atoms with E-state index >= 15 is 0 Å². The van der Waals surface area contributed by atoms with E-state index in [0.717, 1.165) is 11.1 Å². The summed E-state index contributed by atoms with van der Waals surface area (Å²) >= 11 is 0. The molecule has 1 unspecified atom stereocenters. The van der Waals surface area contributed by atoms with Gasteiger partial charge < -0.3 is 21.2 Å². The largest absolute Gasteiger partial charge is 0.351 e. The molecule has 7 nitrogen and oxygen atoms in total. The SMILES string of the molecule is NCC(=O)NC1CN[C@@H](C(=O)ONc2cccc(-c3ccccc3)c2)C1. The fraction of sp³-hybridized carbons (Fsp3) is 0.263. The Morgan fingerprint density at radius 2 is 1.88 bits per heavy atom. The second-order valence-electron chi connectivity index (χ2n) is 6.14. The van der Waals surface area contributed by atoms with Crippen LogP contribution in [0.3, 0.4) is 0 Å². The highest BCUT2D eigenvalue weighted by Crippen LogP contribution is 2.22. The second kappa shape index (κ2) is 8.46. The van der Waals surface area contributed by atoms with Crippen molar-refractivity contribution in [3.05, 3.63) is 54.6 Å². The Morgan fingerprint density at radius 1 is 1.12 bits per heavy atom. The Bertz CT molecular complexity index is 766. The fourth-order valence-corrected chi connectivity index (χ4v) is 2.89. The van der Waals surface area contributed by atoms with E-state index in [-0.39, 0.29) is 18.5 Å². The van der Waals surface area contributed by atoms with Crippen molar-refractivity contribution in [2.45, 2.75) is 18.5 Å². The summed E-state index contributed by atoms with van der Waals surface area (Å²) in [5.74, 6) is -0.652. The van der Waals surface area contributed by atoms with Crippen molar-refractivity contribution < 1.29 is 14.4 Å². The maximum Gasteiger partial charge on any atom is 0.348 e. The first-order valence-corrected chi connectivity index (χ1v) is 8.50. The van der Waals surface area contributed by atoms with Crippen LogP contribution in [0, 0.1) is 0 Å². The van der Waals surface area contributed by atoms with Crippen molar-refractivity contribution in [1.29, 1.82) is 0 Å². The number of nitrogens with two attached hydrogens (primary N) is 1. The Kier molecular flexibility index (Phi) is 5.83. The zero-order valence-corrected chi connectivity index (χ0v) is 14.3. The lowest BCUT2D eigenvalue weighted by Gasteiger charge is -2.13. The van der Waals surface area contributed by atoms with Gasteiger partial charge in [-0.05, 0) is 29.7 Å². The van der Waals surface area contributed by atoms with Crippen molar-refractivity contribution in [3.8, 4) is 11.1 Å². The fourth-order valence-electron chi connectivity index (χ4n) is 2.89. The van der Waals surface area contributed by atoms with Crippen molar-refractivity contribution >= 4 is 17.6 Å². The van der Waals surface area contributed by atoms with Gasteiger partial charge in [0.2, 0.25) is 5.91 Å². The van der Waals surface area contributed by atoms with Gasteiger partial charge in [-0.25, -0.2) is 10.3 Å².